The molecule has 5 N–H and O–H groups in total. The van der Waals surface area contributed by atoms with Crippen LogP contribution in [0, 0.1) is 0 Å². The Morgan fingerprint density at radius 1 is 1.27 bits per heavy atom. The molecule has 0 fully saturated rings. The zero-order valence-corrected chi connectivity index (χ0v) is 14.8. The standard InChI is InChI=1S/C16H21N3O6S/c1-25-15(14(24)13(23)10(21)4-7-20)19-16-18-8-11(26-16)12(22)9-2-5-17-6-3-9/h2-3,5-6,8,10,13-15,20-21,23-24H,4,7H2,1H3,(H,18,19). The van der Waals surface area contributed by atoms with Crippen molar-refractivity contribution >= 4 is 22.3 Å². The quantitative estimate of drug-likeness (QED) is 0.274. The molecule has 2 aromatic heterocycles. The fraction of sp³-hybridized carbons (Fsp3) is 0.438. The summed E-state index contributed by atoms with van der Waals surface area (Å²) in [6.07, 6.45) is -1.05. The minimum absolute atomic E-state index is 0.0868. The second-order valence-electron chi connectivity index (χ2n) is 5.46. The number of anilines is 1. The van der Waals surface area contributed by atoms with Gasteiger partial charge in [-0.1, -0.05) is 11.3 Å². The van der Waals surface area contributed by atoms with Gasteiger partial charge in [-0.15, -0.1) is 0 Å². The normalized spacial score (nSPS) is 15.9. The Morgan fingerprint density at radius 2 is 1.96 bits per heavy atom. The third-order valence-electron chi connectivity index (χ3n) is 3.67. The maximum Gasteiger partial charge on any atom is 0.204 e. The number of rotatable bonds is 10. The van der Waals surface area contributed by atoms with Crippen LogP contribution in [0.4, 0.5) is 5.13 Å². The van der Waals surface area contributed by atoms with Crippen molar-refractivity contribution < 1.29 is 30.0 Å². The van der Waals surface area contributed by atoms with Crippen LogP contribution in [0.1, 0.15) is 21.7 Å². The lowest BCUT2D eigenvalue weighted by Gasteiger charge is -2.28. The molecule has 9 nitrogen and oxygen atoms in total. The third-order valence-corrected chi connectivity index (χ3v) is 4.60. The highest BCUT2D eigenvalue weighted by Gasteiger charge is 2.32. The van der Waals surface area contributed by atoms with Crippen LogP contribution in [0.15, 0.2) is 30.7 Å². The topological polar surface area (TPSA) is 145 Å². The van der Waals surface area contributed by atoms with Gasteiger partial charge < -0.3 is 30.5 Å². The number of aliphatic hydroxyl groups excluding tert-OH is 4. The van der Waals surface area contributed by atoms with Gasteiger partial charge in [0.1, 0.15) is 12.2 Å². The second kappa shape index (κ2) is 9.67. The lowest BCUT2D eigenvalue weighted by Crippen LogP contribution is -2.48. The zero-order chi connectivity index (χ0) is 19.1. The first-order valence-electron chi connectivity index (χ1n) is 7.82. The molecule has 26 heavy (non-hydrogen) atoms. The van der Waals surface area contributed by atoms with Gasteiger partial charge in [0.25, 0.3) is 0 Å². The van der Waals surface area contributed by atoms with Crippen LogP contribution in [-0.4, -0.2) is 74.4 Å². The van der Waals surface area contributed by atoms with E-state index < -0.39 is 24.5 Å². The highest BCUT2D eigenvalue weighted by Crippen LogP contribution is 2.23. The summed E-state index contributed by atoms with van der Waals surface area (Å²) in [5.74, 6) is -0.217. The van der Waals surface area contributed by atoms with Crippen molar-refractivity contribution in [1.82, 2.24) is 9.97 Å². The Hall–Kier alpha value is -1.95. The highest BCUT2D eigenvalue weighted by molar-refractivity contribution is 7.17. The number of pyridine rings is 1. The van der Waals surface area contributed by atoms with E-state index in [1.165, 1.54) is 25.7 Å². The lowest BCUT2D eigenvalue weighted by atomic mass is 10.0. The molecule has 0 aliphatic rings. The third kappa shape index (κ3) is 5.04. The van der Waals surface area contributed by atoms with Gasteiger partial charge in [-0.3, -0.25) is 9.78 Å². The molecule has 4 unspecified atom stereocenters. The molecular formula is C16H21N3O6S. The minimum atomic E-state index is -1.53. The number of ketones is 1. The van der Waals surface area contributed by atoms with E-state index in [4.69, 9.17) is 9.84 Å². The second-order valence-corrected chi connectivity index (χ2v) is 6.49. The van der Waals surface area contributed by atoms with E-state index in [2.05, 4.69) is 15.3 Å². The Labute approximate surface area is 153 Å². The van der Waals surface area contributed by atoms with Crippen molar-refractivity contribution in [1.29, 1.82) is 0 Å². The number of nitrogens with one attached hydrogen (secondary N) is 1. The van der Waals surface area contributed by atoms with Gasteiger partial charge >= 0.3 is 0 Å². The predicted molar refractivity (Wildman–Crippen MR) is 93.9 cm³/mol. The van der Waals surface area contributed by atoms with Crippen molar-refractivity contribution in [2.75, 3.05) is 19.0 Å². The molecule has 2 rings (SSSR count). The van der Waals surface area contributed by atoms with Crippen molar-refractivity contribution in [2.45, 2.75) is 31.0 Å². The van der Waals surface area contributed by atoms with Crippen LogP contribution >= 0.6 is 11.3 Å². The monoisotopic (exact) mass is 383 g/mol. The molecule has 0 spiro atoms. The number of aliphatic hydroxyl groups is 4. The zero-order valence-electron chi connectivity index (χ0n) is 14.0. The molecule has 0 aromatic carbocycles. The van der Waals surface area contributed by atoms with Crippen LogP contribution in [0.3, 0.4) is 0 Å². The molecule has 0 aliphatic carbocycles. The molecule has 0 aliphatic heterocycles. The summed E-state index contributed by atoms with van der Waals surface area (Å²) >= 11 is 1.06. The van der Waals surface area contributed by atoms with Crippen LogP contribution in [-0.2, 0) is 4.74 Å². The number of carbonyl (C=O) groups excluding carboxylic acids is 1. The van der Waals surface area contributed by atoms with Crippen LogP contribution < -0.4 is 5.32 Å². The van der Waals surface area contributed by atoms with Gasteiger partial charge in [0.2, 0.25) is 5.78 Å². The van der Waals surface area contributed by atoms with Crippen molar-refractivity contribution in [3.8, 4) is 0 Å². The van der Waals surface area contributed by atoms with Gasteiger partial charge in [0, 0.05) is 31.7 Å². The van der Waals surface area contributed by atoms with Gasteiger partial charge in [-0.25, -0.2) is 4.98 Å². The molecule has 10 heteroatoms. The van der Waals surface area contributed by atoms with Crippen LogP contribution in [0.5, 0.6) is 0 Å². The molecule has 0 saturated heterocycles. The largest absolute Gasteiger partial charge is 0.396 e. The number of hydrogen-bond acceptors (Lipinski definition) is 10. The molecular weight excluding hydrogens is 362 g/mol. The average Bonchev–Trinajstić information content (AvgIpc) is 3.13. The van der Waals surface area contributed by atoms with Gasteiger partial charge in [0.05, 0.1) is 17.2 Å². The first-order chi connectivity index (χ1) is 12.5. The smallest absolute Gasteiger partial charge is 0.204 e. The number of thiazole rings is 1. The van der Waals surface area contributed by atoms with Crippen molar-refractivity contribution in [3.63, 3.8) is 0 Å². The summed E-state index contributed by atoms with van der Waals surface area (Å²) in [7, 11) is 1.31. The van der Waals surface area contributed by atoms with Gasteiger partial charge in [0.15, 0.2) is 11.4 Å². The first-order valence-corrected chi connectivity index (χ1v) is 8.64. The number of nitrogens with zero attached hydrogens (tertiary/aromatic N) is 2. The van der Waals surface area contributed by atoms with Crippen LogP contribution in [0.2, 0.25) is 0 Å². The molecule has 142 valence electrons. The van der Waals surface area contributed by atoms with Crippen molar-refractivity contribution in [2.24, 2.45) is 0 Å². The number of hydrogen-bond donors (Lipinski definition) is 5. The molecule has 0 saturated carbocycles. The van der Waals surface area contributed by atoms with Crippen LogP contribution in [0.25, 0.3) is 0 Å². The van der Waals surface area contributed by atoms with E-state index in [9.17, 15) is 20.1 Å². The maximum absolute atomic E-state index is 12.4. The molecule has 4 atom stereocenters. The summed E-state index contributed by atoms with van der Waals surface area (Å²) in [6.45, 7) is -0.330. The van der Waals surface area contributed by atoms with Gasteiger partial charge in [-0.05, 0) is 18.6 Å². The SMILES string of the molecule is COC(Nc1ncc(C(=O)c2ccncc2)s1)C(O)C(O)C(O)CCO. The number of ether oxygens (including phenoxy) is 1. The number of aromatic nitrogens is 2. The number of methoxy groups -OCH3 is 1. The summed E-state index contributed by atoms with van der Waals surface area (Å²) in [6, 6.07) is 3.19. The fourth-order valence-corrected chi connectivity index (χ4v) is 3.01. The predicted octanol–water partition coefficient (Wildman–Crippen LogP) is -0.381. The Balaban J connectivity index is 2.05. The molecule has 0 radical (unpaired) electrons. The summed E-state index contributed by atoms with van der Waals surface area (Å²) in [4.78, 5) is 20.7. The van der Waals surface area contributed by atoms with E-state index in [0.29, 0.717) is 15.6 Å². The minimum Gasteiger partial charge on any atom is -0.396 e. The molecule has 2 aromatic rings. The van der Waals surface area contributed by atoms with E-state index >= 15 is 0 Å². The highest BCUT2D eigenvalue weighted by atomic mass is 32.1. The number of carbonyl (C=O) groups is 1. The maximum atomic E-state index is 12.4. The van der Waals surface area contributed by atoms with Crippen molar-refractivity contribution in [3.05, 3.63) is 41.2 Å². The van der Waals surface area contributed by atoms with E-state index in [-0.39, 0.29) is 18.8 Å². The Morgan fingerprint density at radius 3 is 2.58 bits per heavy atom. The van der Waals surface area contributed by atoms with E-state index in [1.54, 1.807) is 12.1 Å². The molecule has 2 heterocycles. The molecule has 0 amide bonds. The Bertz CT molecular complexity index is 698. The molecule has 0 bridgehead atoms. The lowest BCUT2D eigenvalue weighted by molar-refractivity contribution is -0.110. The summed E-state index contributed by atoms with van der Waals surface area (Å²) in [5, 5.41) is 41.6. The Kier molecular flexibility index (Phi) is 7.57. The fourth-order valence-electron chi connectivity index (χ4n) is 2.21. The average molecular weight is 383 g/mol. The first kappa shape index (κ1) is 20.4. The van der Waals surface area contributed by atoms with E-state index in [1.807, 2.05) is 0 Å². The van der Waals surface area contributed by atoms with E-state index in [0.717, 1.165) is 11.3 Å². The summed E-state index contributed by atoms with van der Waals surface area (Å²) < 4.78 is 5.10. The van der Waals surface area contributed by atoms with Gasteiger partial charge in [-0.2, -0.15) is 0 Å². The summed E-state index contributed by atoms with van der Waals surface area (Å²) in [5.41, 5.74) is 0.473.